The molecule has 0 saturated carbocycles. The van der Waals surface area contributed by atoms with Crippen molar-refractivity contribution in [2.24, 2.45) is 0 Å². The van der Waals surface area contributed by atoms with Gasteiger partial charge in [0.05, 0.1) is 0 Å². The smallest absolute Gasteiger partial charge is 0.221 e. The average Bonchev–Trinajstić information content (AvgIpc) is 2.67. The highest BCUT2D eigenvalue weighted by molar-refractivity contribution is 5.76. The number of carbonyl (C=O) groups excluding carboxylic acids is 1. The van der Waals surface area contributed by atoms with E-state index in [4.69, 9.17) is 0 Å². The molecule has 3 rings (SSSR count). The molecule has 24 heavy (non-hydrogen) atoms. The number of carbonyl (C=O) groups is 1. The molecule has 0 bridgehead atoms. The van der Waals surface area contributed by atoms with E-state index >= 15 is 0 Å². The number of rotatable bonds is 6. The van der Waals surface area contributed by atoms with Crippen LogP contribution in [0, 0.1) is 0 Å². The summed E-state index contributed by atoms with van der Waals surface area (Å²) < 4.78 is 0. The summed E-state index contributed by atoms with van der Waals surface area (Å²) in [5, 5.41) is 6.33. The topological polar surface area (TPSA) is 60.5 Å². The zero-order valence-corrected chi connectivity index (χ0v) is 14.2. The van der Waals surface area contributed by atoms with Crippen molar-refractivity contribution in [3.8, 4) is 0 Å². The molecule has 130 valence electrons. The van der Waals surface area contributed by atoms with Crippen LogP contribution in [0.25, 0.3) is 0 Å². The Balaban J connectivity index is 1.33. The van der Waals surface area contributed by atoms with Crippen LogP contribution in [0.4, 0.5) is 5.82 Å². The average molecular weight is 329 g/mol. The van der Waals surface area contributed by atoms with Crippen LogP contribution in [0.3, 0.4) is 0 Å². The first-order chi connectivity index (χ1) is 11.8. The first-order valence-corrected chi connectivity index (χ1v) is 8.85. The van der Waals surface area contributed by atoms with Crippen molar-refractivity contribution < 1.29 is 4.79 Å². The van der Waals surface area contributed by atoms with Gasteiger partial charge in [0.2, 0.25) is 5.91 Å². The van der Waals surface area contributed by atoms with Crippen LogP contribution in [0.2, 0.25) is 0 Å². The Kier molecular flexibility index (Phi) is 6.20. The summed E-state index contributed by atoms with van der Waals surface area (Å²) >= 11 is 0. The Morgan fingerprint density at radius 1 is 1.25 bits per heavy atom. The maximum atomic E-state index is 12.0. The third-order valence-corrected chi connectivity index (χ3v) is 4.67. The standard InChI is InChI=1S/C18H27N5O/c24-18(21-15-16-4-8-19-9-5-16)6-10-22-11-13-23(14-12-22)17-3-1-2-7-20-17/h1-4,7,19H,5-6,8-15H2,(H,21,24). The Morgan fingerprint density at radius 3 is 2.83 bits per heavy atom. The Hall–Kier alpha value is -1.92. The summed E-state index contributed by atoms with van der Waals surface area (Å²) in [5.74, 6) is 1.20. The summed E-state index contributed by atoms with van der Waals surface area (Å²) in [7, 11) is 0. The summed E-state index contributed by atoms with van der Waals surface area (Å²) in [6, 6.07) is 6.02. The summed E-state index contributed by atoms with van der Waals surface area (Å²) in [6.07, 6.45) is 5.63. The molecule has 0 radical (unpaired) electrons. The van der Waals surface area contributed by atoms with Crippen molar-refractivity contribution in [3.05, 3.63) is 36.0 Å². The van der Waals surface area contributed by atoms with Crippen molar-refractivity contribution in [2.45, 2.75) is 12.8 Å². The molecule has 0 atom stereocenters. The van der Waals surface area contributed by atoms with Crippen molar-refractivity contribution in [1.29, 1.82) is 0 Å². The number of nitrogens with zero attached hydrogens (tertiary/aromatic N) is 3. The van der Waals surface area contributed by atoms with Crippen LogP contribution in [-0.2, 0) is 4.79 Å². The minimum absolute atomic E-state index is 0.154. The minimum Gasteiger partial charge on any atom is -0.354 e. The molecule has 1 aromatic rings. The molecule has 0 unspecified atom stereocenters. The van der Waals surface area contributed by atoms with Gasteiger partial charge in [-0.15, -0.1) is 0 Å². The molecule has 3 heterocycles. The van der Waals surface area contributed by atoms with Crippen LogP contribution in [0.15, 0.2) is 36.0 Å². The second-order valence-corrected chi connectivity index (χ2v) is 6.36. The lowest BCUT2D eigenvalue weighted by Gasteiger charge is -2.35. The summed E-state index contributed by atoms with van der Waals surface area (Å²) in [5.41, 5.74) is 1.34. The molecule has 0 aromatic carbocycles. The second kappa shape index (κ2) is 8.80. The van der Waals surface area contributed by atoms with E-state index in [2.05, 4.69) is 37.6 Å². The third kappa shape index (κ3) is 5.04. The molecule has 1 fully saturated rings. The number of hydrogen-bond acceptors (Lipinski definition) is 5. The number of anilines is 1. The van der Waals surface area contributed by atoms with E-state index in [9.17, 15) is 4.79 Å². The molecule has 1 saturated heterocycles. The summed E-state index contributed by atoms with van der Waals surface area (Å²) in [6.45, 7) is 7.39. The van der Waals surface area contributed by atoms with Gasteiger partial charge in [-0.1, -0.05) is 17.7 Å². The molecular weight excluding hydrogens is 302 g/mol. The molecule has 1 amide bonds. The first-order valence-electron chi connectivity index (χ1n) is 8.85. The van der Waals surface area contributed by atoms with Crippen molar-refractivity contribution in [1.82, 2.24) is 20.5 Å². The lowest BCUT2D eigenvalue weighted by molar-refractivity contribution is -0.121. The normalized spacial score (nSPS) is 19.0. The van der Waals surface area contributed by atoms with Crippen LogP contribution < -0.4 is 15.5 Å². The van der Waals surface area contributed by atoms with Gasteiger partial charge in [0.25, 0.3) is 0 Å². The monoisotopic (exact) mass is 329 g/mol. The van der Waals surface area contributed by atoms with Crippen LogP contribution in [0.1, 0.15) is 12.8 Å². The number of pyridine rings is 1. The van der Waals surface area contributed by atoms with Crippen molar-refractivity contribution >= 4 is 11.7 Å². The molecule has 6 heteroatoms. The number of amides is 1. The van der Waals surface area contributed by atoms with E-state index in [1.807, 2.05) is 18.3 Å². The maximum absolute atomic E-state index is 12.0. The molecular formula is C18H27N5O. The van der Waals surface area contributed by atoms with E-state index in [1.54, 1.807) is 0 Å². The zero-order chi connectivity index (χ0) is 16.6. The highest BCUT2D eigenvalue weighted by Crippen LogP contribution is 2.12. The predicted octanol–water partition coefficient (Wildman–Crippen LogP) is 0.630. The molecule has 0 aliphatic carbocycles. The summed E-state index contributed by atoms with van der Waals surface area (Å²) in [4.78, 5) is 21.1. The van der Waals surface area contributed by atoms with Gasteiger partial charge in [0.15, 0.2) is 0 Å². The van der Waals surface area contributed by atoms with E-state index in [1.165, 1.54) is 5.57 Å². The van der Waals surface area contributed by atoms with Gasteiger partial charge in [-0.05, 0) is 25.1 Å². The lowest BCUT2D eigenvalue weighted by Crippen LogP contribution is -2.47. The molecule has 0 spiro atoms. The second-order valence-electron chi connectivity index (χ2n) is 6.36. The molecule has 2 aliphatic heterocycles. The van der Waals surface area contributed by atoms with Gasteiger partial charge in [-0.2, -0.15) is 0 Å². The Morgan fingerprint density at radius 2 is 2.12 bits per heavy atom. The van der Waals surface area contributed by atoms with Gasteiger partial charge in [0.1, 0.15) is 5.82 Å². The Labute approximate surface area is 143 Å². The molecule has 2 N–H and O–H groups in total. The quantitative estimate of drug-likeness (QED) is 0.750. The predicted molar refractivity (Wildman–Crippen MR) is 96.1 cm³/mol. The number of aromatic nitrogens is 1. The fraction of sp³-hybridized carbons (Fsp3) is 0.556. The van der Waals surface area contributed by atoms with Gasteiger partial charge < -0.3 is 15.5 Å². The van der Waals surface area contributed by atoms with Gasteiger partial charge in [-0.3, -0.25) is 9.69 Å². The first kappa shape index (κ1) is 16.9. The highest BCUT2D eigenvalue weighted by atomic mass is 16.1. The molecule has 6 nitrogen and oxygen atoms in total. The third-order valence-electron chi connectivity index (χ3n) is 4.67. The van der Waals surface area contributed by atoms with Gasteiger partial charge in [0, 0.05) is 58.4 Å². The van der Waals surface area contributed by atoms with Gasteiger partial charge >= 0.3 is 0 Å². The van der Waals surface area contributed by atoms with E-state index in [-0.39, 0.29) is 5.91 Å². The minimum atomic E-state index is 0.154. The van der Waals surface area contributed by atoms with E-state index in [0.717, 1.165) is 58.1 Å². The largest absolute Gasteiger partial charge is 0.354 e. The fourth-order valence-electron chi connectivity index (χ4n) is 3.13. The number of hydrogen-bond donors (Lipinski definition) is 2. The van der Waals surface area contributed by atoms with Crippen molar-refractivity contribution in [2.75, 3.05) is 57.3 Å². The molecule has 2 aliphatic rings. The number of nitrogens with one attached hydrogen (secondary N) is 2. The van der Waals surface area contributed by atoms with Crippen LogP contribution >= 0.6 is 0 Å². The van der Waals surface area contributed by atoms with Gasteiger partial charge in [-0.25, -0.2) is 4.98 Å². The maximum Gasteiger partial charge on any atom is 0.221 e. The molecule has 1 aromatic heterocycles. The van der Waals surface area contributed by atoms with E-state index in [0.29, 0.717) is 13.0 Å². The fourth-order valence-corrected chi connectivity index (χ4v) is 3.13. The lowest BCUT2D eigenvalue weighted by atomic mass is 10.1. The van der Waals surface area contributed by atoms with Crippen molar-refractivity contribution in [3.63, 3.8) is 0 Å². The highest BCUT2D eigenvalue weighted by Gasteiger charge is 2.18. The van der Waals surface area contributed by atoms with Crippen LogP contribution in [-0.4, -0.2) is 68.1 Å². The van der Waals surface area contributed by atoms with E-state index < -0.39 is 0 Å². The zero-order valence-electron chi connectivity index (χ0n) is 14.2. The van der Waals surface area contributed by atoms with Crippen LogP contribution in [0.5, 0.6) is 0 Å². The number of piperazine rings is 1. The Bertz CT molecular complexity index is 552. The SMILES string of the molecule is O=C(CCN1CCN(c2ccccn2)CC1)NCC1=CCNCC1.